The van der Waals surface area contributed by atoms with Crippen molar-refractivity contribution in [2.75, 3.05) is 6.54 Å². The van der Waals surface area contributed by atoms with Crippen molar-refractivity contribution in [3.05, 3.63) is 0 Å². The topological polar surface area (TPSA) is 66.5 Å². The average molecular weight is 282 g/mol. The molecule has 2 fully saturated rings. The molecule has 5 nitrogen and oxygen atoms in total. The molecule has 0 radical (unpaired) electrons. The van der Waals surface area contributed by atoms with Crippen LogP contribution in [0.2, 0.25) is 0 Å². The first-order valence-corrected chi connectivity index (χ1v) is 5.54. The molecule has 2 aliphatic rings. The SMILES string of the molecule is O=C1NC(=O)C2(CCC2)C(=O)N1CC(F)(F)C(F)F. The van der Waals surface area contributed by atoms with E-state index >= 15 is 0 Å². The Kier molecular flexibility index (Phi) is 3.02. The highest BCUT2D eigenvalue weighted by Crippen LogP contribution is 2.44. The van der Waals surface area contributed by atoms with Crippen LogP contribution in [-0.4, -0.2) is 41.6 Å². The van der Waals surface area contributed by atoms with Gasteiger partial charge in [-0.1, -0.05) is 6.42 Å². The fraction of sp³-hybridized carbons (Fsp3) is 0.700. The molecule has 0 atom stereocenters. The minimum Gasteiger partial charge on any atom is -0.277 e. The number of nitrogens with one attached hydrogen (secondary N) is 1. The maximum atomic E-state index is 12.9. The Balaban J connectivity index is 2.23. The summed E-state index contributed by atoms with van der Waals surface area (Å²) < 4.78 is 50.1. The van der Waals surface area contributed by atoms with Gasteiger partial charge in [-0.2, -0.15) is 8.78 Å². The molecule has 0 aromatic carbocycles. The average Bonchev–Trinajstić information content (AvgIpc) is 2.22. The molecule has 0 aromatic heterocycles. The minimum absolute atomic E-state index is 0.00667. The van der Waals surface area contributed by atoms with Crippen LogP contribution < -0.4 is 5.32 Å². The Labute approximate surface area is 104 Å². The molecule has 9 heteroatoms. The Hall–Kier alpha value is -1.67. The first-order valence-electron chi connectivity index (χ1n) is 5.54. The predicted molar refractivity (Wildman–Crippen MR) is 52.5 cm³/mol. The van der Waals surface area contributed by atoms with Gasteiger partial charge in [0.15, 0.2) is 0 Å². The molecule has 1 aliphatic carbocycles. The van der Waals surface area contributed by atoms with E-state index in [9.17, 15) is 31.9 Å². The lowest BCUT2D eigenvalue weighted by molar-refractivity contribution is -0.169. The molecular weight excluding hydrogens is 272 g/mol. The van der Waals surface area contributed by atoms with Crippen molar-refractivity contribution < 1.29 is 31.9 Å². The lowest BCUT2D eigenvalue weighted by Gasteiger charge is -2.44. The van der Waals surface area contributed by atoms with Crippen LogP contribution in [0.1, 0.15) is 19.3 Å². The van der Waals surface area contributed by atoms with Gasteiger partial charge in [0.2, 0.25) is 11.8 Å². The van der Waals surface area contributed by atoms with Gasteiger partial charge in [-0.25, -0.2) is 13.6 Å². The molecule has 19 heavy (non-hydrogen) atoms. The van der Waals surface area contributed by atoms with Crippen molar-refractivity contribution in [1.29, 1.82) is 0 Å². The summed E-state index contributed by atoms with van der Waals surface area (Å²) in [4.78, 5) is 34.8. The maximum absolute atomic E-state index is 12.9. The number of alkyl halides is 4. The zero-order valence-electron chi connectivity index (χ0n) is 9.59. The Bertz CT molecular complexity index is 448. The van der Waals surface area contributed by atoms with Crippen molar-refractivity contribution in [2.24, 2.45) is 5.41 Å². The minimum atomic E-state index is -4.50. The molecule has 1 heterocycles. The zero-order valence-corrected chi connectivity index (χ0v) is 9.59. The largest absolute Gasteiger partial charge is 0.330 e. The number of hydrogen-bond donors (Lipinski definition) is 1. The summed E-state index contributed by atoms with van der Waals surface area (Å²) in [5.74, 6) is -6.46. The summed E-state index contributed by atoms with van der Waals surface area (Å²) >= 11 is 0. The van der Waals surface area contributed by atoms with Gasteiger partial charge < -0.3 is 0 Å². The van der Waals surface area contributed by atoms with Crippen LogP contribution in [0.3, 0.4) is 0 Å². The number of halogens is 4. The Morgan fingerprint density at radius 3 is 2.26 bits per heavy atom. The fourth-order valence-electron chi connectivity index (χ4n) is 2.13. The molecule has 1 aliphatic heterocycles. The Morgan fingerprint density at radius 1 is 1.26 bits per heavy atom. The highest BCUT2D eigenvalue weighted by molar-refractivity contribution is 6.19. The number of carbonyl (C=O) groups is 3. The lowest BCUT2D eigenvalue weighted by atomic mass is 9.66. The van der Waals surface area contributed by atoms with Gasteiger partial charge in [-0.05, 0) is 12.8 Å². The fourth-order valence-corrected chi connectivity index (χ4v) is 2.13. The van der Waals surface area contributed by atoms with Crippen molar-refractivity contribution in [3.63, 3.8) is 0 Å². The van der Waals surface area contributed by atoms with E-state index in [1.807, 2.05) is 0 Å². The van der Waals surface area contributed by atoms with E-state index in [1.54, 1.807) is 5.32 Å². The number of nitrogens with zero attached hydrogens (tertiary/aromatic N) is 1. The molecule has 4 amide bonds. The number of amides is 4. The number of imide groups is 2. The van der Waals surface area contributed by atoms with Crippen LogP contribution in [0.4, 0.5) is 22.4 Å². The normalized spacial score (nSPS) is 22.8. The summed E-state index contributed by atoms with van der Waals surface area (Å²) in [6.07, 6.45) is -3.21. The van der Waals surface area contributed by atoms with Crippen LogP contribution >= 0.6 is 0 Å². The van der Waals surface area contributed by atoms with E-state index in [4.69, 9.17) is 0 Å². The second kappa shape index (κ2) is 4.17. The summed E-state index contributed by atoms with van der Waals surface area (Å²) in [5, 5.41) is 1.76. The zero-order chi connectivity index (χ0) is 14.4. The van der Waals surface area contributed by atoms with Gasteiger partial charge in [-0.3, -0.25) is 19.8 Å². The third-order valence-electron chi connectivity index (χ3n) is 3.45. The van der Waals surface area contributed by atoms with E-state index in [0.29, 0.717) is 6.42 Å². The number of urea groups is 1. The highest BCUT2D eigenvalue weighted by atomic mass is 19.3. The summed E-state index contributed by atoms with van der Waals surface area (Å²) in [7, 11) is 0. The second-order valence-electron chi connectivity index (χ2n) is 4.65. The van der Waals surface area contributed by atoms with Gasteiger partial charge >= 0.3 is 18.4 Å². The molecule has 106 valence electrons. The van der Waals surface area contributed by atoms with Crippen molar-refractivity contribution in [2.45, 2.75) is 31.6 Å². The molecule has 1 saturated heterocycles. The first-order chi connectivity index (χ1) is 8.70. The molecule has 0 bridgehead atoms. The number of hydrogen-bond acceptors (Lipinski definition) is 3. The summed E-state index contributed by atoms with van der Waals surface area (Å²) in [6, 6.07) is -1.38. The van der Waals surface area contributed by atoms with Gasteiger partial charge in [0.1, 0.15) is 12.0 Å². The standard InChI is InChI=1S/C10H10F4N2O3/c11-5(12)10(13,14)4-16-7(18)9(2-1-3-9)6(17)15-8(16)19/h5H,1-4H2,(H,15,17,19). The van der Waals surface area contributed by atoms with Crippen LogP contribution in [0.25, 0.3) is 0 Å². The summed E-state index contributed by atoms with van der Waals surface area (Å²) in [6.45, 7) is -1.73. The van der Waals surface area contributed by atoms with Crippen molar-refractivity contribution >= 4 is 17.8 Å². The van der Waals surface area contributed by atoms with E-state index in [1.165, 1.54) is 0 Å². The van der Waals surface area contributed by atoms with Crippen molar-refractivity contribution in [3.8, 4) is 0 Å². The van der Waals surface area contributed by atoms with Crippen LogP contribution in [0.15, 0.2) is 0 Å². The third-order valence-corrected chi connectivity index (χ3v) is 3.45. The highest BCUT2D eigenvalue weighted by Gasteiger charge is 2.59. The number of barbiturate groups is 1. The summed E-state index contributed by atoms with van der Waals surface area (Å²) in [5.41, 5.74) is -1.54. The molecule has 1 saturated carbocycles. The molecule has 2 rings (SSSR count). The lowest BCUT2D eigenvalue weighted by Crippen LogP contribution is -2.67. The van der Waals surface area contributed by atoms with Crippen molar-refractivity contribution in [1.82, 2.24) is 10.2 Å². The molecule has 1 spiro atoms. The monoisotopic (exact) mass is 282 g/mol. The molecule has 0 aromatic rings. The van der Waals surface area contributed by atoms with Gasteiger partial charge in [-0.15, -0.1) is 0 Å². The van der Waals surface area contributed by atoms with Gasteiger partial charge in [0, 0.05) is 0 Å². The molecule has 0 unspecified atom stereocenters. The first kappa shape index (κ1) is 13.8. The number of rotatable bonds is 3. The predicted octanol–water partition coefficient (Wildman–Crippen LogP) is 1.14. The van der Waals surface area contributed by atoms with E-state index in [0.717, 1.165) is 0 Å². The van der Waals surface area contributed by atoms with E-state index in [2.05, 4.69) is 0 Å². The smallest absolute Gasteiger partial charge is 0.277 e. The van der Waals surface area contributed by atoms with Crippen LogP contribution in [0, 0.1) is 5.41 Å². The molecule has 1 N–H and O–H groups in total. The second-order valence-corrected chi connectivity index (χ2v) is 4.65. The third kappa shape index (κ3) is 1.96. The van der Waals surface area contributed by atoms with Gasteiger partial charge in [0.05, 0.1) is 0 Å². The number of carbonyl (C=O) groups excluding carboxylic acids is 3. The maximum Gasteiger partial charge on any atom is 0.330 e. The Morgan fingerprint density at radius 2 is 1.84 bits per heavy atom. The van der Waals surface area contributed by atoms with Crippen LogP contribution in [0.5, 0.6) is 0 Å². The quantitative estimate of drug-likeness (QED) is 0.623. The van der Waals surface area contributed by atoms with E-state index < -0.39 is 42.2 Å². The molecular formula is C10H10F4N2O3. The van der Waals surface area contributed by atoms with Gasteiger partial charge in [0.25, 0.3) is 0 Å². The van der Waals surface area contributed by atoms with Crippen LogP contribution in [-0.2, 0) is 9.59 Å². The van der Waals surface area contributed by atoms with E-state index in [-0.39, 0.29) is 17.7 Å².